The molecule has 1 unspecified atom stereocenters. The highest BCUT2D eigenvalue weighted by atomic mass is 32.1. The van der Waals surface area contributed by atoms with Crippen LogP contribution in [0.4, 0.5) is 5.69 Å². The topological polar surface area (TPSA) is 58.4 Å². The van der Waals surface area contributed by atoms with Gasteiger partial charge < -0.3 is 16.0 Å². The van der Waals surface area contributed by atoms with Gasteiger partial charge in [-0.1, -0.05) is 19.1 Å². The first-order valence-corrected chi connectivity index (χ1v) is 6.78. The molecule has 0 aliphatic carbocycles. The summed E-state index contributed by atoms with van der Waals surface area (Å²) in [6, 6.07) is 7.34. The first kappa shape index (κ1) is 15.4. The number of nitrogens with one attached hydrogen (secondary N) is 1. The maximum atomic E-state index is 11.9. The molecular weight excluding hydrogens is 258 g/mol. The number of thiocarbonyl (C=S) groups is 1. The number of likely N-dealkylation sites (N-methyl/N-ethyl adjacent to an activating group) is 1. The molecule has 0 aliphatic rings. The highest BCUT2D eigenvalue weighted by Gasteiger charge is 2.17. The number of carbonyl (C=O) groups excluding carboxylic acids is 1. The lowest BCUT2D eigenvalue weighted by Crippen LogP contribution is -2.43. The normalized spacial score (nSPS) is 11.7. The Balaban J connectivity index is 2.73. The fourth-order valence-electron chi connectivity index (χ4n) is 1.66. The molecule has 3 N–H and O–H groups in total. The van der Waals surface area contributed by atoms with Crippen molar-refractivity contribution in [2.45, 2.75) is 26.3 Å². The molecule has 1 aromatic carbocycles. The van der Waals surface area contributed by atoms with Gasteiger partial charge in [0.25, 0.3) is 0 Å². The molecule has 0 aromatic heterocycles. The van der Waals surface area contributed by atoms with Crippen LogP contribution in [0, 0.1) is 0 Å². The minimum atomic E-state index is -0.220. The van der Waals surface area contributed by atoms with Gasteiger partial charge in [0.15, 0.2) is 0 Å². The molecule has 0 aliphatic heterocycles. The monoisotopic (exact) mass is 279 g/mol. The summed E-state index contributed by atoms with van der Waals surface area (Å²) in [7, 11) is 1.89. The largest absolute Gasteiger partial charge is 0.389 e. The van der Waals surface area contributed by atoms with E-state index in [2.05, 4.69) is 5.32 Å². The minimum absolute atomic E-state index is 0.0303. The van der Waals surface area contributed by atoms with Gasteiger partial charge in [-0.15, -0.1) is 0 Å². The highest BCUT2D eigenvalue weighted by Crippen LogP contribution is 2.16. The van der Waals surface area contributed by atoms with Gasteiger partial charge in [-0.3, -0.25) is 4.79 Å². The van der Waals surface area contributed by atoms with E-state index in [1.807, 2.05) is 50.1 Å². The maximum absolute atomic E-state index is 11.9. The first-order chi connectivity index (χ1) is 8.97. The summed E-state index contributed by atoms with van der Waals surface area (Å²) in [5.41, 5.74) is 7.34. The molecule has 5 heteroatoms. The lowest BCUT2D eigenvalue weighted by atomic mass is 10.1. The van der Waals surface area contributed by atoms with E-state index in [1.165, 1.54) is 0 Å². The second-order valence-electron chi connectivity index (χ2n) is 4.49. The molecule has 0 fully saturated rings. The number of benzene rings is 1. The zero-order chi connectivity index (χ0) is 14.4. The number of nitrogens with zero attached hydrogens (tertiary/aromatic N) is 1. The van der Waals surface area contributed by atoms with Crippen LogP contribution in [-0.4, -0.2) is 30.5 Å². The fourth-order valence-corrected chi connectivity index (χ4v) is 1.79. The summed E-state index contributed by atoms with van der Waals surface area (Å²) in [4.78, 5) is 14.2. The van der Waals surface area contributed by atoms with Crippen LogP contribution in [0.1, 0.15) is 25.8 Å². The van der Waals surface area contributed by atoms with Gasteiger partial charge in [-0.2, -0.15) is 0 Å². The molecular formula is C14H21N3OS. The molecule has 0 radical (unpaired) electrons. The fraction of sp³-hybridized carbons (Fsp3) is 0.429. The van der Waals surface area contributed by atoms with Crippen molar-refractivity contribution in [2.24, 2.45) is 5.73 Å². The molecule has 1 aromatic rings. The number of hydrogen-bond donors (Lipinski definition) is 2. The lowest BCUT2D eigenvalue weighted by molar-refractivity contribution is -0.121. The van der Waals surface area contributed by atoms with Crippen LogP contribution in [0.15, 0.2) is 24.3 Å². The van der Waals surface area contributed by atoms with E-state index < -0.39 is 0 Å². The molecule has 4 nitrogen and oxygen atoms in total. The van der Waals surface area contributed by atoms with Gasteiger partial charge in [0.1, 0.15) is 11.0 Å². The molecule has 0 saturated heterocycles. The average molecular weight is 279 g/mol. The predicted molar refractivity (Wildman–Crippen MR) is 83.5 cm³/mol. The molecule has 0 saturated carbocycles. The van der Waals surface area contributed by atoms with Crippen molar-refractivity contribution in [3.8, 4) is 0 Å². The van der Waals surface area contributed by atoms with E-state index in [4.69, 9.17) is 18.0 Å². The van der Waals surface area contributed by atoms with E-state index in [1.54, 1.807) is 0 Å². The molecule has 1 amide bonds. The van der Waals surface area contributed by atoms with E-state index in [-0.39, 0.29) is 11.9 Å². The highest BCUT2D eigenvalue weighted by molar-refractivity contribution is 7.80. The van der Waals surface area contributed by atoms with E-state index >= 15 is 0 Å². The Morgan fingerprint density at radius 2 is 2.00 bits per heavy atom. The van der Waals surface area contributed by atoms with Crippen LogP contribution in [0.3, 0.4) is 0 Å². The maximum Gasteiger partial charge on any atom is 0.242 e. The zero-order valence-corrected chi connectivity index (χ0v) is 12.5. The van der Waals surface area contributed by atoms with Crippen molar-refractivity contribution in [3.05, 3.63) is 29.8 Å². The Morgan fingerprint density at radius 3 is 2.47 bits per heavy atom. The number of rotatable bonds is 6. The standard InChI is InChI=1S/C14H21N3OS/c1-4-9-16-14(18)10(2)17(3)12-7-5-11(6-8-12)13(15)19/h5-8,10H,4,9H2,1-3H3,(H2,15,19)(H,16,18). The molecule has 104 valence electrons. The average Bonchev–Trinajstić information content (AvgIpc) is 2.43. The van der Waals surface area contributed by atoms with Gasteiger partial charge in [0, 0.05) is 24.8 Å². The summed E-state index contributed by atoms with van der Waals surface area (Å²) in [5, 5.41) is 2.89. The molecule has 0 heterocycles. The Morgan fingerprint density at radius 1 is 1.42 bits per heavy atom. The van der Waals surface area contributed by atoms with E-state index in [9.17, 15) is 4.79 Å². The minimum Gasteiger partial charge on any atom is -0.389 e. The van der Waals surface area contributed by atoms with Crippen molar-refractivity contribution < 1.29 is 4.79 Å². The van der Waals surface area contributed by atoms with Gasteiger partial charge in [-0.05, 0) is 37.6 Å². The first-order valence-electron chi connectivity index (χ1n) is 6.37. The lowest BCUT2D eigenvalue weighted by Gasteiger charge is -2.26. The Bertz CT molecular complexity index is 445. The van der Waals surface area contributed by atoms with Crippen LogP contribution < -0.4 is 16.0 Å². The van der Waals surface area contributed by atoms with Crippen molar-refractivity contribution in [1.82, 2.24) is 5.32 Å². The summed E-state index contributed by atoms with van der Waals surface area (Å²) in [5.74, 6) is 0.0303. The number of hydrogen-bond acceptors (Lipinski definition) is 3. The zero-order valence-electron chi connectivity index (χ0n) is 11.6. The van der Waals surface area contributed by atoms with Crippen molar-refractivity contribution in [1.29, 1.82) is 0 Å². The van der Waals surface area contributed by atoms with E-state index in [0.29, 0.717) is 11.5 Å². The molecule has 1 atom stereocenters. The molecule has 0 bridgehead atoms. The van der Waals surface area contributed by atoms with E-state index in [0.717, 1.165) is 17.7 Å². The van der Waals surface area contributed by atoms with Gasteiger partial charge in [0.05, 0.1) is 0 Å². The third kappa shape index (κ3) is 4.21. The van der Waals surface area contributed by atoms with Gasteiger partial charge in [-0.25, -0.2) is 0 Å². The second-order valence-corrected chi connectivity index (χ2v) is 4.93. The third-order valence-corrected chi connectivity index (χ3v) is 3.30. The van der Waals surface area contributed by atoms with Crippen molar-refractivity contribution in [3.63, 3.8) is 0 Å². The summed E-state index contributed by atoms with van der Waals surface area (Å²) in [6.07, 6.45) is 0.935. The predicted octanol–water partition coefficient (Wildman–Crippen LogP) is 1.67. The number of anilines is 1. The van der Waals surface area contributed by atoms with Gasteiger partial charge >= 0.3 is 0 Å². The van der Waals surface area contributed by atoms with Crippen LogP contribution in [0.25, 0.3) is 0 Å². The smallest absolute Gasteiger partial charge is 0.242 e. The van der Waals surface area contributed by atoms with Crippen LogP contribution in [0.5, 0.6) is 0 Å². The van der Waals surface area contributed by atoms with Crippen LogP contribution in [0.2, 0.25) is 0 Å². The Labute approximate surface area is 120 Å². The molecule has 0 spiro atoms. The Hall–Kier alpha value is -1.62. The number of nitrogens with two attached hydrogens (primary N) is 1. The molecule has 19 heavy (non-hydrogen) atoms. The van der Waals surface area contributed by atoms with Gasteiger partial charge in [0.2, 0.25) is 5.91 Å². The van der Waals surface area contributed by atoms with Crippen molar-refractivity contribution in [2.75, 3.05) is 18.5 Å². The summed E-state index contributed by atoms with van der Waals surface area (Å²) >= 11 is 4.91. The third-order valence-electron chi connectivity index (χ3n) is 3.07. The number of carbonyl (C=O) groups is 1. The Kier molecular flexibility index (Phi) is 5.76. The SMILES string of the molecule is CCCNC(=O)C(C)N(C)c1ccc(C(N)=S)cc1. The number of amides is 1. The van der Waals surface area contributed by atoms with Crippen LogP contribution >= 0.6 is 12.2 Å². The van der Waals surface area contributed by atoms with Crippen LogP contribution in [-0.2, 0) is 4.79 Å². The second kappa shape index (κ2) is 7.09. The molecule has 1 rings (SSSR count). The summed E-state index contributed by atoms with van der Waals surface area (Å²) in [6.45, 7) is 4.62. The summed E-state index contributed by atoms with van der Waals surface area (Å²) < 4.78 is 0. The van der Waals surface area contributed by atoms with Crippen molar-refractivity contribution >= 4 is 28.8 Å². The quantitative estimate of drug-likeness (QED) is 0.778.